The van der Waals surface area contributed by atoms with E-state index in [0.717, 1.165) is 102 Å². The molecule has 32 heteroatoms. The fourth-order valence-electron chi connectivity index (χ4n) is 11.0. The van der Waals surface area contributed by atoms with Crippen molar-refractivity contribution in [2.45, 2.75) is 266 Å². The minimum absolute atomic E-state index is 0.000453. The number of amides is 10. The molecular formula is C64H109N11O21. The number of phenolic OH excluding ortho intramolecular Hbond substituents is 1. The van der Waals surface area contributed by atoms with Crippen molar-refractivity contribution in [1.82, 2.24) is 47.9 Å². The molecule has 0 radical (unpaired) electrons. The first-order valence-electron chi connectivity index (χ1n) is 33.9. The van der Waals surface area contributed by atoms with Crippen molar-refractivity contribution in [3.8, 4) is 5.75 Å². The van der Waals surface area contributed by atoms with Crippen LogP contribution in [0.15, 0.2) is 24.3 Å². The highest BCUT2D eigenvalue weighted by molar-refractivity contribution is 5.99. The smallest absolute Gasteiger partial charge is 0.246 e. The van der Waals surface area contributed by atoms with E-state index in [9.17, 15) is 93.9 Å². The van der Waals surface area contributed by atoms with E-state index < -0.39 is 202 Å². The number of primary amides is 1. The first kappa shape index (κ1) is 83.5. The van der Waals surface area contributed by atoms with Gasteiger partial charge in [0, 0.05) is 19.0 Å². The number of aliphatic hydroxyl groups excluding tert-OH is 8. The molecule has 3 rings (SSSR count). The molecule has 32 nitrogen and oxygen atoms in total. The lowest BCUT2D eigenvalue weighted by Gasteiger charge is -2.38. The lowest BCUT2D eigenvalue weighted by atomic mass is 9.94. The molecular weight excluding hydrogens is 1260 g/mol. The summed E-state index contributed by atoms with van der Waals surface area (Å²) >= 11 is 0. The molecule has 1 aromatic rings. The Hall–Kier alpha value is -6.72. The van der Waals surface area contributed by atoms with Gasteiger partial charge < -0.3 is 115 Å². The molecule has 546 valence electrons. The van der Waals surface area contributed by atoms with Crippen LogP contribution in [0.1, 0.15) is 186 Å². The molecule has 0 unspecified atom stereocenters. The molecule has 2 aliphatic rings. The van der Waals surface area contributed by atoms with Crippen LogP contribution in [0.4, 0.5) is 0 Å². The van der Waals surface area contributed by atoms with Gasteiger partial charge in [-0.2, -0.15) is 0 Å². The molecule has 96 heavy (non-hydrogen) atoms. The Morgan fingerprint density at radius 3 is 1.68 bits per heavy atom. The molecule has 15 atom stereocenters. The van der Waals surface area contributed by atoms with Crippen molar-refractivity contribution in [3.05, 3.63) is 29.8 Å². The van der Waals surface area contributed by atoms with Gasteiger partial charge in [-0.1, -0.05) is 142 Å². The highest BCUT2D eigenvalue weighted by Crippen LogP contribution is 2.26. The predicted molar refractivity (Wildman–Crippen MR) is 346 cm³/mol. The number of carbonyl (C=O) groups is 10. The quantitative estimate of drug-likeness (QED) is 0.0292. The van der Waals surface area contributed by atoms with Crippen LogP contribution in [0.3, 0.4) is 0 Å². The second kappa shape index (κ2) is 46.5. The Balaban J connectivity index is 2.10. The SMILES string of the molecule is CCCCCCCCCCCCNC(=O)C[C@@H]1NC(=O)CNC(=O)[C@@H](CCN)NC(=O)[C@@H]([C@H](O)c2ccc(O)cc2)NC(=O)[C@H](CO)NC(=O)C[C@@H](C[C@@H](O)[C@@H](O)[C@@H](CCCCCCCCCCC)O[C@H]2OC[C@@H](O)[C@H](O)[C@H]2O)NC(=O)[C@H](CC(N)=O)NC(=O)[C@@H](CO)NC1=O. The largest absolute Gasteiger partial charge is 0.508 e. The molecule has 22 N–H and O–H groups in total. The van der Waals surface area contributed by atoms with Crippen LogP contribution in [0.25, 0.3) is 0 Å². The summed E-state index contributed by atoms with van der Waals surface area (Å²) in [6.07, 6.45) is 0.160. The number of aliphatic hydroxyl groups is 8. The molecule has 0 spiro atoms. The van der Waals surface area contributed by atoms with E-state index in [1.807, 2.05) is 0 Å². The molecule has 1 aromatic carbocycles. The number of nitrogens with one attached hydrogen (secondary N) is 9. The van der Waals surface area contributed by atoms with Gasteiger partial charge >= 0.3 is 0 Å². The first-order chi connectivity index (χ1) is 45.9. The van der Waals surface area contributed by atoms with Crippen molar-refractivity contribution < 1.29 is 103 Å². The monoisotopic (exact) mass is 1370 g/mol. The van der Waals surface area contributed by atoms with E-state index in [1.165, 1.54) is 25.0 Å². The summed E-state index contributed by atoms with van der Waals surface area (Å²) in [4.78, 5) is 139. The van der Waals surface area contributed by atoms with Crippen molar-refractivity contribution in [1.29, 1.82) is 0 Å². The molecule has 0 bridgehead atoms. The fraction of sp³-hybridized carbons (Fsp3) is 0.750. The summed E-state index contributed by atoms with van der Waals surface area (Å²) in [5.41, 5.74) is 11.3. The highest BCUT2D eigenvalue weighted by atomic mass is 16.7. The number of ether oxygens (including phenoxy) is 2. The van der Waals surface area contributed by atoms with Gasteiger partial charge in [-0.05, 0) is 49.9 Å². The average molecular weight is 1370 g/mol. The van der Waals surface area contributed by atoms with Crippen LogP contribution in [-0.4, -0.2) is 230 Å². The van der Waals surface area contributed by atoms with E-state index >= 15 is 0 Å². The van der Waals surface area contributed by atoms with Gasteiger partial charge in [-0.25, -0.2) is 0 Å². The third kappa shape index (κ3) is 31.2. The number of benzene rings is 1. The van der Waals surface area contributed by atoms with E-state index in [4.69, 9.17) is 20.9 Å². The molecule has 0 aliphatic carbocycles. The number of rotatable bonds is 37. The van der Waals surface area contributed by atoms with Crippen molar-refractivity contribution in [3.63, 3.8) is 0 Å². The third-order valence-electron chi connectivity index (χ3n) is 16.7. The summed E-state index contributed by atoms with van der Waals surface area (Å²) in [6, 6.07) is -8.59. The zero-order valence-corrected chi connectivity index (χ0v) is 55.5. The molecule has 2 heterocycles. The van der Waals surface area contributed by atoms with E-state index in [0.29, 0.717) is 19.3 Å². The maximum Gasteiger partial charge on any atom is 0.246 e. The van der Waals surface area contributed by atoms with Gasteiger partial charge in [0.05, 0.1) is 51.4 Å². The Kier molecular flexibility index (Phi) is 40.4. The number of hydrogen-bond donors (Lipinski definition) is 20. The van der Waals surface area contributed by atoms with Crippen LogP contribution in [-0.2, 0) is 57.4 Å². The minimum Gasteiger partial charge on any atom is -0.508 e. The lowest BCUT2D eigenvalue weighted by molar-refractivity contribution is -0.293. The number of phenols is 1. The lowest BCUT2D eigenvalue weighted by Crippen LogP contribution is -2.60. The van der Waals surface area contributed by atoms with E-state index in [-0.39, 0.29) is 37.2 Å². The Morgan fingerprint density at radius 1 is 0.604 bits per heavy atom. The first-order valence-corrected chi connectivity index (χ1v) is 33.9. The second-order valence-electron chi connectivity index (χ2n) is 24.8. The predicted octanol–water partition coefficient (Wildman–Crippen LogP) is -3.17. The fourth-order valence-corrected chi connectivity index (χ4v) is 11.0. The van der Waals surface area contributed by atoms with Crippen LogP contribution >= 0.6 is 0 Å². The molecule has 2 saturated heterocycles. The summed E-state index contributed by atoms with van der Waals surface area (Å²) in [5.74, 6) is -12.1. The third-order valence-corrected chi connectivity index (χ3v) is 16.7. The van der Waals surface area contributed by atoms with Gasteiger partial charge in [0.2, 0.25) is 59.1 Å². The van der Waals surface area contributed by atoms with E-state index in [2.05, 4.69) is 61.7 Å². The maximum atomic E-state index is 14.4. The van der Waals surface area contributed by atoms with Gasteiger partial charge in [0.15, 0.2) is 6.29 Å². The van der Waals surface area contributed by atoms with Gasteiger partial charge in [-0.3, -0.25) is 47.9 Å². The van der Waals surface area contributed by atoms with Crippen molar-refractivity contribution in [2.75, 3.05) is 39.5 Å². The summed E-state index contributed by atoms with van der Waals surface area (Å²) in [6.45, 7) is 0.328. The number of hydrogen-bond acceptors (Lipinski definition) is 22. The summed E-state index contributed by atoms with van der Waals surface area (Å²) in [7, 11) is 0. The summed E-state index contributed by atoms with van der Waals surface area (Å²) < 4.78 is 11.4. The molecule has 10 amide bonds. The normalized spacial score (nSPS) is 25.3. The zero-order valence-electron chi connectivity index (χ0n) is 55.5. The number of nitrogens with two attached hydrogens (primary N) is 2. The maximum absolute atomic E-state index is 14.4. The number of unbranched alkanes of at least 4 members (excludes halogenated alkanes) is 17. The topological polar surface area (TPSA) is 532 Å². The molecule has 2 fully saturated rings. The number of aromatic hydroxyl groups is 1. The van der Waals surface area contributed by atoms with Gasteiger partial charge in [-0.15, -0.1) is 0 Å². The van der Waals surface area contributed by atoms with Crippen LogP contribution in [0.2, 0.25) is 0 Å². The molecule has 2 aliphatic heterocycles. The van der Waals surface area contributed by atoms with Gasteiger partial charge in [0.1, 0.15) is 72.5 Å². The minimum atomic E-state index is -2.09. The molecule has 0 aromatic heterocycles. The van der Waals surface area contributed by atoms with Crippen molar-refractivity contribution >= 4 is 59.1 Å². The highest BCUT2D eigenvalue weighted by Gasteiger charge is 2.43. The average Bonchev–Trinajstić information content (AvgIpc) is 0.900. The Bertz CT molecular complexity index is 2540. The molecule has 0 saturated carbocycles. The van der Waals surface area contributed by atoms with Crippen LogP contribution < -0.4 is 59.3 Å². The summed E-state index contributed by atoms with van der Waals surface area (Å²) in [5, 5.41) is 119. The Labute approximate surface area is 560 Å². The van der Waals surface area contributed by atoms with Crippen LogP contribution in [0, 0.1) is 0 Å². The Morgan fingerprint density at radius 2 is 1.10 bits per heavy atom. The number of carbonyl (C=O) groups excluding carboxylic acids is 10. The van der Waals surface area contributed by atoms with Crippen LogP contribution in [0.5, 0.6) is 5.75 Å². The van der Waals surface area contributed by atoms with E-state index in [1.54, 1.807) is 0 Å². The zero-order chi connectivity index (χ0) is 71.1. The van der Waals surface area contributed by atoms with Crippen molar-refractivity contribution in [2.24, 2.45) is 11.5 Å². The van der Waals surface area contributed by atoms with Gasteiger partial charge in [0.25, 0.3) is 0 Å². The second-order valence-corrected chi connectivity index (χ2v) is 24.8. The standard InChI is InChI=1S/C64H109N11O21/c1-3-5-7-9-11-13-15-17-19-21-29-67-50(82)33-43-60(91)74-45(36-77)61(92)73-42(32-49(66)81)59(90)69-39(30-46(79)55(86)48(22-20-18-16-14-12-10-8-6-4-2)96-64-57(88)56(87)47(80)37-95-64)31-51(83)71-44(35-76)62(93)75-53(54(85)38-23-25-40(78)26-24-38)63(94)72-41(27-28-65)58(89)68-34-52(84)70-43/h23-26,39,41-48,53-57,64,76-80,85-88H,3-22,27-37,65H2,1-2H3,(H2,66,81)(H,67,82)(H,68,89)(H,69,90)(H,70,84)(H,71,83)(H,72,94)(H,73,92)(H,74,91)(H,75,93)/t39-,41-,42+,43+,44+,45-,46-,47-,48-,53-,54-,55-,56+,57-,64-/m1/s1.